The molecule has 40 heavy (non-hydrogen) atoms. The second-order valence-corrected chi connectivity index (χ2v) is 12.3. The Hall–Kier alpha value is -3.47. The second kappa shape index (κ2) is 11.6. The summed E-state index contributed by atoms with van der Waals surface area (Å²) in [6, 6.07) is 2.36. The number of rotatable bonds is 7. The zero-order valence-electron chi connectivity index (χ0n) is 21.8. The number of benzene rings is 1. The molecular formula is C26H31F6N5O2S. The number of aromatic nitrogens is 1. The summed E-state index contributed by atoms with van der Waals surface area (Å²) < 4.78 is 79.7. The van der Waals surface area contributed by atoms with Crippen molar-refractivity contribution in [3.63, 3.8) is 0 Å². The van der Waals surface area contributed by atoms with Crippen LogP contribution in [0.4, 0.5) is 29.5 Å². The van der Waals surface area contributed by atoms with Crippen molar-refractivity contribution in [2.75, 3.05) is 18.5 Å². The lowest BCUT2D eigenvalue weighted by Gasteiger charge is -2.40. The van der Waals surface area contributed by atoms with E-state index in [1.807, 2.05) is 6.19 Å². The molecule has 2 atom stereocenters. The van der Waals surface area contributed by atoms with E-state index in [0.29, 0.717) is 11.6 Å². The molecule has 14 heteroatoms. The van der Waals surface area contributed by atoms with Gasteiger partial charge in [-0.3, -0.25) is 9.78 Å². The molecule has 0 bridgehead atoms. The minimum absolute atomic E-state index is 0.0610. The highest BCUT2D eigenvalue weighted by Gasteiger charge is 2.65. The number of hydrogen-bond donors (Lipinski definition) is 1. The maximum atomic E-state index is 14.6. The second-order valence-electron chi connectivity index (χ2n) is 9.86. The average Bonchev–Trinajstić information content (AvgIpc) is 3.37. The molecule has 1 saturated carbocycles. The quantitative estimate of drug-likeness (QED) is 0.221. The first kappa shape index (κ1) is 31.1. The number of halogens is 6. The Morgan fingerprint density at radius 2 is 1.85 bits per heavy atom. The number of nitriles is 1. The van der Waals surface area contributed by atoms with Crippen LogP contribution >= 0.6 is 10.2 Å². The highest BCUT2D eigenvalue weighted by Crippen LogP contribution is 3.02. The lowest BCUT2D eigenvalue weighted by Crippen LogP contribution is -2.44. The predicted molar refractivity (Wildman–Crippen MR) is 140 cm³/mol. The van der Waals surface area contributed by atoms with Gasteiger partial charge >= 0.3 is 10.2 Å². The minimum Gasteiger partial charge on any atom is -0.357 e. The molecule has 1 aromatic carbocycles. The monoisotopic (exact) mass is 591 g/mol. The molecular weight excluding hydrogens is 560 g/mol. The van der Waals surface area contributed by atoms with Crippen LogP contribution in [0.15, 0.2) is 47.6 Å². The molecule has 2 fully saturated rings. The number of amides is 1. The van der Waals surface area contributed by atoms with E-state index in [0.717, 1.165) is 62.7 Å². The van der Waals surface area contributed by atoms with E-state index in [4.69, 9.17) is 5.26 Å². The Balaban J connectivity index is 0.000000415. The summed E-state index contributed by atoms with van der Waals surface area (Å²) in [5.74, 6) is -1.98. The fraction of sp³-hybridized carbons (Fsp3) is 0.462. The number of likely N-dealkylation sites (tertiary alicyclic amines) is 1. The number of carbonyl (C=O) groups excluding carboxylic acids is 2. The van der Waals surface area contributed by atoms with Gasteiger partial charge in [0.25, 0.3) is 0 Å². The Labute approximate surface area is 228 Å². The van der Waals surface area contributed by atoms with Crippen LogP contribution in [0.5, 0.6) is 0 Å². The number of pyridine rings is 1. The van der Waals surface area contributed by atoms with Crippen molar-refractivity contribution in [2.24, 2.45) is 0 Å². The standard InChI is InChI=1S/C20H23F6N3OS.C6H8N2O/c1-29(18-10-9-16(12-17(18)21)31(22,23,24,25)26)19(14-6-5-11-27-13-14)20(30)28-15-7-3-2-4-8-15;7-5-8-3-1-2-6(8)4-9/h5-6,9-13,15,19H,2-4,7-8H2,1H3,(H,28,30);4,6H,1-3H2. The zero-order valence-corrected chi connectivity index (χ0v) is 22.6. The van der Waals surface area contributed by atoms with E-state index in [-0.39, 0.29) is 24.2 Å². The van der Waals surface area contributed by atoms with E-state index in [1.165, 1.54) is 24.3 Å². The summed E-state index contributed by atoms with van der Waals surface area (Å²) >= 11 is 0. The molecule has 2 aliphatic rings. The van der Waals surface area contributed by atoms with Crippen LogP contribution in [0.2, 0.25) is 0 Å². The first-order chi connectivity index (χ1) is 18.6. The van der Waals surface area contributed by atoms with E-state index >= 15 is 0 Å². The summed E-state index contributed by atoms with van der Waals surface area (Å²) in [5.41, 5.74) is -0.0345. The van der Waals surface area contributed by atoms with E-state index in [1.54, 1.807) is 12.1 Å². The van der Waals surface area contributed by atoms with Gasteiger partial charge in [-0.05, 0) is 49.9 Å². The van der Waals surface area contributed by atoms with Gasteiger partial charge in [0.2, 0.25) is 5.91 Å². The van der Waals surface area contributed by atoms with Gasteiger partial charge in [-0.25, -0.2) is 4.39 Å². The summed E-state index contributed by atoms with van der Waals surface area (Å²) in [6.07, 6.45) is 12.1. The van der Waals surface area contributed by atoms with E-state index < -0.39 is 38.6 Å². The van der Waals surface area contributed by atoms with Gasteiger partial charge in [0.05, 0.1) is 11.7 Å². The molecule has 1 amide bonds. The third-order valence-electron chi connectivity index (χ3n) is 6.92. The number of aldehydes is 1. The number of hydrogen-bond acceptors (Lipinski definition) is 6. The predicted octanol–water partition coefficient (Wildman–Crippen LogP) is 6.64. The largest absolute Gasteiger partial charge is 0.357 e. The molecule has 1 aliphatic carbocycles. The summed E-state index contributed by atoms with van der Waals surface area (Å²) in [5, 5.41) is 11.3. The van der Waals surface area contributed by atoms with Gasteiger partial charge in [0.1, 0.15) is 23.0 Å². The fourth-order valence-electron chi connectivity index (χ4n) is 4.83. The summed E-state index contributed by atoms with van der Waals surface area (Å²) in [7, 11) is -8.71. The zero-order chi connectivity index (χ0) is 29.6. The maximum Gasteiger partial charge on any atom is 0.310 e. The SMILES string of the molecule is CN(c1ccc(S(F)(F)(F)(F)F)cc1F)C(C(=O)NC1CCCCC1)c1cccnc1.N#CN1CCCC1C=O. The first-order valence-electron chi connectivity index (χ1n) is 12.7. The Morgan fingerprint density at radius 3 is 2.38 bits per heavy atom. The molecule has 1 N–H and O–H groups in total. The van der Waals surface area contributed by atoms with Crippen molar-refractivity contribution in [2.45, 2.75) is 68.0 Å². The highest BCUT2D eigenvalue weighted by atomic mass is 32.5. The molecule has 1 aliphatic heterocycles. The van der Waals surface area contributed by atoms with Crippen LogP contribution in [-0.2, 0) is 9.59 Å². The lowest BCUT2D eigenvalue weighted by molar-refractivity contribution is -0.123. The van der Waals surface area contributed by atoms with E-state index in [9.17, 15) is 33.4 Å². The van der Waals surface area contributed by atoms with Crippen molar-refractivity contribution in [3.05, 3.63) is 54.1 Å². The Bertz CT molecular complexity index is 1240. The Morgan fingerprint density at radius 1 is 1.15 bits per heavy atom. The number of likely N-dealkylation sites (N-methyl/N-ethyl adjacent to an activating group) is 1. The van der Waals surface area contributed by atoms with Crippen molar-refractivity contribution < 1.29 is 33.4 Å². The van der Waals surface area contributed by atoms with Crippen LogP contribution < -0.4 is 10.2 Å². The van der Waals surface area contributed by atoms with Crippen molar-refractivity contribution in [1.29, 1.82) is 5.26 Å². The topological polar surface area (TPSA) is 89.3 Å². The average molecular weight is 592 g/mol. The minimum atomic E-state index is -10.0. The van der Waals surface area contributed by atoms with Crippen LogP contribution in [0.1, 0.15) is 56.6 Å². The first-order valence-corrected chi connectivity index (χ1v) is 14.7. The normalized spacial score (nSPS) is 20.1. The van der Waals surface area contributed by atoms with Crippen molar-refractivity contribution >= 4 is 28.1 Å². The molecule has 220 valence electrons. The molecule has 4 rings (SSSR count). The Kier molecular flexibility index (Phi) is 8.98. The smallest absolute Gasteiger partial charge is 0.310 e. The van der Waals surface area contributed by atoms with Gasteiger partial charge in [-0.1, -0.05) is 44.8 Å². The van der Waals surface area contributed by atoms with Gasteiger partial charge in [0.15, 0.2) is 6.19 Å². The van der Waals surface area contributed by atoms with Gasteiger partial charge in [-0.2, -0.15) is 5.26 Å². The van der Waals surface area contributed by atoms with Gasteiger partial charge in [-0.15, -0.1) is 0 Å². The lowest BCUT2D eigenvalue weighted by atomic mass is 9.95. The molecule has 1 saturated heterocycles. The third kappa shape index (κ3) is 8.03. The number of nitrogens with zero attached hydrogens (tertiary/aromatic N) is 4. The number of carbonyl (C=O) groups is 2. The molecule has 7 nitrogen and oxygen atoms in total. The highest BCUT2D eigenvalue weighted by molar-refractivity contribution is 8.45. The van der Waals surface area contributed by atoms with Crippen LogP contribution in [0.25, 0.3) is 0 Å². The molecule has 2 heterocycles. The maximum absolute atomic E-state index is 14.6. The van der Waals surface area contributed by atoms with Gasteiger partial charge < -0.3 is 19.9 Å². The van der Waals surface area contributed by atoms with Crippen LogP contribution in [-0.4, -0.2) is 47.8 Å². The third-order valence-corrected chi connectivity index (χ3v) is 8.06. The van der Waals surface area contributed by atoms with Crippen molar-refractivity contribution in [1.82, 2.24) is 15.2 Å². The van der Waals surface area contributed by atoms with Crippen LogP contribution in [0, 0.1) is 17.3 Å². The number of nitrogens with one attached hydrogen (secondary N) is 1. The molecule has 0 spiro atoms. The van der Waals surface area contributed by atoms with E-state index in [2.05, 4.69) is 10.3 Å². The molecule has 0 radical (unpaired) electrons. The summed E-state index contributed by atoms with van der Waals surface area (Å²) in [6.45, 7) is 0.750. The summed E-state index contributed by atoms with van der Waals surface area (Å²) in [4.78, 5) is 27.5. The van der Waals surface area contributed by atoms with Crippen molar-refractivity contribution in [3.8, 4) is 6.19 Å². The van der Waals surface area contributed by atoms with Crippen LogP contribution in [0.3, 0.4) is 0 Å². The number of anilines is 1. The molecule has 2 aromatic rings. The van der Waals surface area contributed by atoms with Gasteiger partial charge in [0, 0.05) is 37.6 Å². The molecule has 1 aromatic heterocycles. The fourth-order valence-corrected chi connectivity index (χ4v) is 5.48. The molecule has 2 unspecified atom stereocenters.